The van der Waals surface area contributed by atoms with E-state index in [0.29, 0.717) is 22.3 Å². The number of carbonyl (C=O) groups excluding carboxylic acids is 2. The van der Waals surface area contributed by atoms with E-state index >= 15 is 0 Å². The molecule has 1 atom stereocenters. The minimum atomic E-state index is -0.917. The molecular weight excluding hydrogens is 316 g/mol. The van der Waals surface area contributed by atoms with Crippen LogP contribution >= 0.6 is 0 Å². The minimum absolute atomic E-state index is 0.380. The molecule has 3 aromatic rings. The predicted octanol–water partition coefficient (Wildman–Crippen LogP) is 3.73. The van der Waals surface area contributed by atoms with E-state index in [9.17, 15) is 9.59 Å². The summed E-state index contributed by atoms with van der Waals surface area (Å²) < 4.78 is 5.35. The van der Waals surface area contributed by atoms with Crippen molar-refractivity contribution in [2.24, 2.45) is 0 Å². The van der Waals surface area contributed by atoms with Crippen molar-refractivity contribution in [3.63, 3.8) is 0 Å². The third kappa shape index (κ3) is 3.83. The van der Waals surface area contributed by atoms with Crippen molar-refractivity contribution in [3.8, 4) is 0 Å². The maximum Gasteiger partial charge on any atom is 0.339 e. The normalized spacial score (nSPS) is 11.8. The van der Waals surface area contributed by atoms with Crippen LogP contribution in [0.15, 0.2) is 60.7 Å². The molecule has 25 heavy (non-hydrogen) atoms. The Morgan fingerprint density at radius 1 is 1.04 bits per heavy atom. The molecule has 0 unspecified atom stereocenters. The summed E-state index contributed by atoms with van der Waals surface area (Å²) in [6, 6.07) is 18.1. The first kappa shape index (κ1) is 16.6. The van der Waals surface area contributed by atoms with E-state index in [1.54, 1.807) is 25.1 Å². The van der Waals surface area contributed by atoms with Crippen LogP contribution in [0.25, 0.3) is 10.9 Å². The predicted molar refractivity (Wildman–Crippen MR) is 96.4 cm³/mol. The van der Waals surface area contributed by atoms with E-state index in [-0.39, 0.29) is 5.91 Å². The van der Waals surface area contributed by atoms with Gasteiger partial charge in [0.25, 0.3) is 5.91 Å². The molecule has 1 amide bonds. The van der Waals surface area contributed by atoms with Crippen molar-refractivity contribution in [1.82, 2.24) is 4.98 Å². The maximum atomic E-state index is 12.5. The SMILES string of the molecule is Cc1cc(C(=O)O[C@H](C)C(=O)Nc2ccccc2)c2ccccc2n1. The fourth-order valence-electron chi connectivity index (χ4n) is 2.52. The molecule has 0 aliphatic heterocycles. The van der Waals surface area contributed by atoms with Gasteiger partial charge in [0.2, 0.25) is 0 Å². The smallest absolute Gasteiger partial charge is 0.339 e. The van der Waals surface area contributed by atoms with Gasteiger partial charge in [-0.25, -0.2) is 4.79 Å². The largest absolute Gasteiger partial charge is 0.449 e. The first-order valence-corrected chi connectivity index (χ1v) is 7.98. The van der Waals surface area contributed by atoms with Crippen LogP contribution in [-0.2, 0) is 9.53 Å². The molecule has 0 saturated carbocycles. The van der Waals surface area contributed by atoms with Crippen molar-refractivity contribution in [2.75, 3.05) is 5.32 Å². The van der Waals surface area contributed by atoms with Gasteiger partial charge in [-0.15, -0.1) is 0 Å². The number of para-hydroxylation sites is 2. The van der Waals surface area contributed by atoms with E-state index in [1.165, 1.54) is 0 Å². The zero-order valence-corrected chi connectivity index (χ0v) is 14.0. The monoisotopic (exact) mass is 334 g/mol. The van der Waals surface area contributed by atoms with Crippen LogP contribution in [0, 0.1) is 6.92 Å². The molecule has 5 heteroatoms. The van der Waals surface area contributed by atoms with E-state index in [0.717, 1.165) is 5.52 Å². The standard InChI is InChI=1S/C20H18N2O3/c1-13-12-17(16-10-6-7-11-18(16)21-13)20(24)25-14(2)19(23)22-15-8-4-3-5-9-15/h3-12,14H,1-2H3,(H,22,23)/t14-/m1/s1. The highest BCUT2D eigenvalue weighted by molar-refractivity contribution is 6.05. The molecule has 0 bridgehead atoms. The molecule has 0 spiro atoms. The summed E-state index contributed by atoms with van der Waals surface area (Å²) in [6.45, 7) is 3.36. The Kier molecular flexibility index (Phi) is 4.75. The van der Waals surface area contributed by atoms with Crippen LogP contribution in [0.4, 0.5) is 5.69 Å². The molecule has 0 fully saturated rings. The lowest BCUT2D eigenvalue weighted by atomic mass is 10.1. The quantitative estimate of drug-likeness (QED) is 0.738. The number of ether oxygens (including phenoxy) is 1. The van der Waals surface area contributed by atoms with Crippen LogP contribution in [0.2, 0.25) is 0 Å². The summed E-state index contributed by atoms with van der Waals surface area (Å²) in [6.07, 6.45) is -0.917. The average molecular weight is 334 g/mol. The number of esters is 1. The maximum absolute atomic E-state index is 12.5. The Balaban J connectivity index is 1.77. The summed E-state index contributed by atoms with van der Waals surface area (Å²) in [5, 5.41) is 3.42. The van der Waals surface area contributed by atoms with Crippen LogP contribution in [-0.4, -0.2) is 23.0 Å². The van der Waals surface area contributed by atoms with Crippen LogP contribution < -0.4 is 5.32 Å². The number of nitrogens with zero attached hydrogens (tertiary/aromatic N) is 1. The Morgan fingerprint density at radius 3 is 2.48 bits per heavy atom. The van der Waals surface area contributed by atoms with Gasteiger partial charge < -0.3 is 10.1 Å². The molecule has 0 aliphatic rings. The third-order valence-electron chi connectivity index (χ3n) is 3.76. The van der Waals surface area contributed by atoms with Gasteiger partial charge in [-0.05, 0) is 38.1 Å². The second-order valence-electron chi connectivity index (χ2n) is 5.73. The van der Waals surface area contributed by atoms with Gasteiger partial charge in [-0.3, -0.25) is 9.78 Å². The zero-order valence-electron chi connectivity index (χ0n) is 14.0. The van der Waals surface area contributed by atoms with Crippen molar-refractivity contribution >= 4 is 28.5 Å². The lowest BCUT2D eigenvalue weighted by Gasteiger charge is -2.14. The van der Waals surface area contributed by atoms with Gasteiger partial charge in [-0.1, -0.05) is 36.4 Å². The first-order chi connectivity index (χ1) is 12.0. The number of aryl methyl sites for hydroxylation is 1. The van der Waals surface area contributed by atoms with Gasteiger partial charge in [0.05, 0.1) is 11.1 Å². The number of rotatable bonds is 4. The summed E-state index contributed by atoms with van der Waals surface area (Å²) in [4.78, 5) is 29.2. The first-order valence-electron chi connectivity index (χ1n) is 7.98. The van der Waals surface area contributed by atoms with Crippen LogP contribution in [0.3, 0.4) is 0 Å². The summed E-state index contributed by atoms with van der Waals surface area (Å²) in [5.74, 6) is -0.924. The molecule has 1 aromatic heterocycles. The Hall–Kier alpha value is -3.21. The van der Waals surface area contributed by atoms with Gasteiger partial charge in [0.1, 0.15) is 0 Å². The number of carbonyl (C=O) groups is 2. The summed E-state index contributed by atoms with van der Waals surface area (Å²) >= 11 is 0. The number of nitrogens with one attached hydrogen (secondary N) is 1. The molecule has 2 aromatic carbocycles. The Bertz CT molecular complexity index is 923. The van der Waals surface area contributed by atoms with E-state index in [2.05, 4.69) is 10.3 Å². The zero-order chi connectivity index (χ0) is 17.8. The lowest BCUT2D eigenvalue weighted by Crippen LogP contribution is -2.30. The molecule has 126 valence electrons. The molecule has 0 radical (unpaired) electrons. The van der Waals surface area contributed by atoms with Crippen LogP contribution in [0.5, 0.6) is 0 Å². The minimum Gasteiger partial charge on any atom is -0.449 e. The Labute approximate surface area is 145 Å². The highest BCUT2D eigenvalue weighted by atomic mass is 16.5. The number of benzene rings is 2. The molecule has 5 nitrogen and oxygen atoms in total. The summed E-state index contributed by atoms with van der Waals surface area (Å²) in [7, 11) is 0. The second kappa shape index (κ2) is 7.13. The van der Waals surface area contributed by atoms with Gasteiger partial charge in [0.15, 0.2) is 6.10 Å². The second-order valence-corrected chi connectivity index (χ2v) is 5.73. The van der Waals surface area contributed by atoms with Gasteiger partial charge >= 0.3 is 5.97 Å². The molecule has 0 saturated heterocycles. The number of aromatic nitrogens is 1. The van der Waals surface area contributed by atoms with Crippen LogP contribution in [0.1, 0.15) is 23.0 Å². The number of fused-ring (bicyclic) bond motifs is 1. The highest BCUT2D eigenvalue weighted by Crippen LogP contribution is 2.19. The van der Waals surface area contributed by atoms with E-state index in [1.807, 2.05) is 49.4 Å². The fraction of sp³-hybridized carbons (Fsp3) is 0.150. The topological polar surface area (TPSA) is 68.3 Å². The number of hydrogen-bond donors (Lipinski definition) is 1. The van der Waals surface area contributed by atoms with Crippen molar-refractivity contribution < 1.29 is 14.3 Å². The van der Waals surface area contributed by atoms with Gasteiger partial charge in [-0.2, -0.15) is 0 Å². The molecule has 0 aliphatic carbocycles. The van der Waals surface area contributed by atoms with Crippen molar-refractivity contribution in [3.05, 3.63) is 71.9 Å². The molecule has 1 N–H and O–H groups in total. The number of anilines is 1. The Morgan fingerprint density at radius 2 is 1.72 bits per heavy atom. The highest BCUT2D eigenvalue weighted by Gasteiger charge is 2.21. The van der Waals surface area contributed by atoms with E-state index < -0.39 is 12.1 Å². The number of pyridine rings is 1. The number of hydrogen-bond acceptors (Lipinski definition) is 4. The summed E-state index contributed by atoms with van der Waals surface area (Å²) in [5.41, 5.74) is 2.49. The third-order valence-corrected chi connectivity index (χ3v) is 3.76. The average Bonchev–Trinajstić information content (AvgIpc) is 2.61. The fourth-order valence-corrected chi connectivity index (χ4v) is 2.52. The van der Waals surface area contributed by atoms with E-state index in [4.69, 9.17) is 4.74 Å². The molecule has 3 rings (SSSR count). The van der Waals surface area contributed by atoms with Gasteiger partial charge in [0, 0.05) is 16.8 Å². The van der Waals surface area contributed by atoms with Crippen molar-refractivity contribution in [1.29, 1.82) is 0 Å². The van der Waals surface area contributed by atoms with Crippen molar-refractivity contribution in [2.45, 2.75) is 20.0 Å². The number of amides is 1. The molecular formula is C20H18N2O3. The molecule has 1 heterocycles. The lowest BCUT2D eigenvalue weighted by molar-refractivity contribution is -0.123.